The van der Waals surface area contributed by atoms with Crippen molar-refractivity contribution in [2.45, 2.75) is 13.3 Å². The van der Waals surface area contributed by atoms with Gasteiger partial charge in [-0.25, -0.2) is 0 Å². The van der Waals surface area contributed by atoms with Crippen molar-refractivity contribution in [3.8, 4) is 0 Å². The minimum absolute atomic E-state index is 0.417. The van der Waals surface area contributed by atoms with E-state index in [-0.39, 0.29) is 0 Å². The zero-order chi connectivity index (χ0) is 11.7. The quantitative estimate of drug-likeness (QED) is 0.659. The molecule has 0 bridgehead atoms. The number of para-hydroxylation sites is 1. The summed E-state index contributed by atoms with van der Waals surface area (Å²) in [6.45, 7) is 2.14. The van der Waals surface area contributed by atoms with Crippen LogP contribution in [0.5, 0.6) is 0 Å². The van der Waals surface area contributed by atoms with E-state index in [0.29, 0.717) is 14.5 Å². The normalized spacial score (nSPS) is 10.9. The molecule has 0 atom stereocenters. The fourth-order valence-corrected chi connectivity index (χ4v) is 4.09. The van der Waals surface area contributed by atoms with E-state index in [2.05, 4.69) is 55.5 Å². The Labute approximate surface area is 107 Å². The van der Waals surface area contributed by atoms with E-state index in [1.54, 1.807) is 0 Å². The molecule has 3 rings (SSSR count). The molecule has 0 unspecified atom stereocenters. The van der Waals surface area contributed by atoms with Crippen molar-refractivity contribution in [3.63, 3.8) is 0 Å². The average Bonchev–Trinajstić information content (AvgIpc) is 2.71. The molecule has 1 heterocycles. The first-order valence-electron chi connectivity index (χ1n) is 5.71. The maximum absolute atomic E-state index is 4.72. The molecule has 0 aliphatic heterocycles. The predicted molar refractivity (Wildman–Crippen MR) is 72.7 cm³/mol. The van der Waals surface area contributed by atoms with Gasteiger partial charge in [0.25, 0.3) is 0 Å². The molecular weight excluding hydrogens is 273 g/mol. The summed E-state index contributed by atoms with van der Waals surface area (Å²) >= 11 is 0.417. The summed E-state index contributed by atoms with van der Waals surface area (Å²) in [6.07, 6.45) is 0.996. The summed E-state index contributed by atoms with van der Waals surface area (Å²) in [7, 11) is 0. The topological polar surface area (TPSA) is 12.9 Å². The Balaban J connectivity index is 1.94. The van der Waals surface area contributed by atoms with E-state index in [9.17, 15) is 0 Å². The molecule has 0 aliphatic rings. The summed E-state index contributed by atoms with van der Waals surface area (Å²) < 4.78 is 2.76. The molecule has 0 spiro atoms. The Morgan fingerprint density at radius 3 is 2.76 bits per heavy atom. The molecule has 0 saturated heterocycles. The van der Waals surface area contributed by atoms with Crippen molar-refractivity contribution in [2.24, 2.45) is 0 Å². The van der Waals surface area contributed by atoms with E-state index >= 15 is 0 Å². The molecule has 3 aromatic rings. The first-order valence-corrected chi connectivity index (χ1v) is 7.42. The first kappa shape index (κ1) is 10.8. The van der Waals surface area contributed by atoms with Crippen molar-refractivity contribution in [1.29, 1.82) is 0 Å². The summed E-state index contributed by atoms with van der Waals surface area (Å²) in [4.78, 5) is 4.72. The van der Waals surface area contributed by atoms with Gasteiger partial charge in [-0.15, -0.1) is 0 Å². The van der Waals surface area contributed by atoms with E-state index in [0.717, 1.165) is 6.42 Å². The summed E-state index contributed by atoms with van der Waals surface area (Å²) in [6, 6.07) is 17.2. The third kappa shape index (κ3) is 2.33. The Bertz CT molecular complexity index is 622. The van der Waals surface area contributed by atoms with Gasteiger partial charge < -0.3 is 0 Å². The third-order valence-corrected chi connectivity index (χ3v) is 4.95. The number of aryl methyl sites for hydroxylation is 1. The number of aromatic nitrogens is 1. The molecule has 0 aliphatic carbocycles. The van der Waals surface area contributed by atoms with Crippen LogP contribution in [0.3, 0.4) is 0 Å². The SMILES string of the molecule is Cc1cccc(Cc2nc3ccccc3[se]2)c1. The van der Waals surface area contributed by atoms with Gasteiger partial charge in [-0.1, -0.05) is 0 Å². The number of fused-ring (bicyclic) bond motifs is 1. The van der Waals surface area contributed by atoms with Crippen LogP contribution in [0.2, 0.25) is 0 Å². The maximum atomic E-state index is 4.72. The number of hydrogen-bond donors (Lipinski definition) is 0. The van der Waals surface area contributed by atoms with Gasteiger partial charge in [0.1, 0.15) is 0 Å². The van der Waals surface area contributed by atoms with Crippen LogP contribution in [0.1, 0.15) is 15.7 Å². The van der Waals surface area contributed by atoms with E-state index in [1.165, 1.54) is 25.5 Å². The summed E-state index contributed by atoms with van der Waals surface area (Å²) in [5.41, 5.74) is 3.87. The fourth-order valence-electron chi connectivity index (χ4n) is 1.99. The van der Waals surface area contributed by atoms with E-state index in [1.807, 2.05) is 0 Å². The van der Waals surface area contributed by atoms with Crippen molar-refractivity contribution >= 4 is 24.3 Å². The van der Waals surface area contributed by atoms with Crippen molar-refractivity contribution < 1.29 is 0 Å². The first-order chi connectivity index (χ1) is 8.31. The van der Waals surface area contributed by atoms with Crippen molar-refractivity contribution in [2.75, 3.05) is 0 Å². The summed E-state index contributed by atoms with van der Waals surface area (Å²) in [5.74, 6) is 0. The fraction of sp³-hybridized carbons (Fsp3) is 0.133. The van der Waals surface area contributed by atoms with Gasteiger partial charge in [0.05, 0.1) is 0 Å². The molecule has 0 saturated carbocycles. The average molecular weight is 286 g/mol. The number of hydrogen-bond acceptors (Lipinski definition) is 1. The standard InChI is InChI=1S/C15H13NSe/c1-11-5-4-6-12(9-11)10-15-16-13-7-2-3-8-14(13)17-15/h2-9H,10H2,1H3. The molecular formula is C15H13NSe. The molecule has 1 aromatic heterocycles. The monoisotopic (exact) mass is 287 g/mol. The van der Waals surface area contributed by atoms with Crippen LogP contribution in [0, 0.1) is 6.92 Å². The molecule has 2 aromatic carbocycles. The summed E-state index contributed by atoms with van der Waals surface area (Å²) in [5, 5.41) is 0. The molecule has 17 heavy (non-hydrogen) atoms. The van der Waals surface area contributed by atoms with Crippen molar-refractivity contribution in [3.05, 3.63) is 64.2 Å². The van der Waals surface area contributed by atoms with Crippen LogP contribution in [0.15, 0.2) is 48.5 Å². The molecule has 0 amide bonds. The molecule has 1 nitrogen and oxygen atoms in total. The van der Waals surface area contributed by atoms with Gasteiger partial charge in [0.15, 0.2) is 0 Å². The number of benzene rings is 2. The second-order valence-corrected chi connectivity index (χ2v) is 6.58. The number of rotatable bonds is 2. The van der Waals surface area contributed by atoms with Gasteiger partial charge in [-0.2, -0.15) is 0 Å². The second kappa shape index (κ2) is 4.48. The van der Waals surface area contributed by atoms with E-state index in [4.69, 9.17) is 4.98 Å². The zero-order valence-electron chi connectivity index (χ0n) is 9.68. The van der Waals surface area contributed by atoms with Gasteiger partial charge in [0.2, 0.25) is 0 Å². The van der Waals surface area contributed by atoms with E-state index < -0.39 is 0 Å². The Morgan fingerprint density at radius 2 is 1.94 bits per heavy atom. The van der Waals surface area contributed by atoms with Crippen LogP contribution in [-0.2, 0) is 6.42 Å². The molecule has 2 heteroatoms. The van der Waals surface area contributed by atoms with Crippen LogP contribution < -0.4 is 0 Å². The van der Waals surface area contributed by atoms with Crippen LogP contribution in [-0.4, -0.2) is 19.5 Å². The number of nitrogens with zero attached hydrogens (tertiary/aromatic N) is 1. The minimum atomic E-state index is 0.417. The van der Waals surface area contributed by atoms with Crippen LogP contribution in [0.25, 0.3) is 9.78 Å². The van der Waals surface area contributed by atoms with Crippen LogP contribution in [0.4, 0.5) is 0 Å². The third-order valence-electron chi connectivity index (χ3n) is 2.78. The molecule has 84 valence electrons. The Hall–Kier alpha value is -1.37. The Kier molecular flexibility index (Phi) is 2.84. The van der Waals surface area contributed by atoms with Crippen LogP contribution >= 0.6 is 0 Å². The Morgan fingerprint density at radius 1 is 1.06 bits per heavy atom. The van der Waals surface area contributed by atoms with Gasteiger partial charge >= 0.3 is 107 Å². The predicted octanol–water partition coefficient (Wildman–Crippen LogP) is 3.19. The second-order valence-electron chi connectivity index (χ2n) is 4.24. The van der Waals surface area contributed by atoms with Gasteiger partial charge in [-0.3, -0.25) is 0 Å². The van der Waals surface area contributed by atoms with Crippen molar-refractivity contribution in [1.82, 2.24) is 4.98 Å². The van der Waals surface area contributed by atoms with Gasteiger partial charge in [0, 0.05) is 0 Å². The molecule has 0 radical (unpaired) electrons. The van der Waals surface area contributed by atoms with Gasteiger partial charge in [-0.05, 0) is 0 Å². The zero-order valence-corrected chi connectivity index (χ0v) is 11.4. The molecule has 0 N–H and O–H groups in total. The molecule has 0 fully saturated rings.